The summed E-state index contributed by atoms with van der Waals surface area (Å²) in [6, 6.07) is 10.5. The second-order valence-electron chi connectivity index (χ2n) is 4.96. The number of hydrogen-bond donors (Lipinski definition) is 0. The standard InChI is InChI=1S/C14H19N2OP/c17-18(12-4-5-13-18)16-10-8-15(9-11-16)14-6-2-1-3-7-14/h1-7H,8-13H2. The van der Waals surface area contributed by atoms with Crippen molar-refractivity contribution in [1.82, 2.24) is 4.67 Å². The highest BCUT2D eigenvalue weighted by Gasteiger charge is 2.33. The van der Waals surface area contributed by atoms with E-state index < -0.39 is 7.29 Å². The van der Waals surface area contributed by atoms with E-state index in [1.165, 1.54) is 5.69 Å². The fraction of sp³-hybridized carbons (Fsp3) is 0.429. The van der Waals surface area contributed by atoms with Gasteiger partial charge in [0.25, 0.3) is 0 Å². The molecular formula is C14H19N2OP. The van der Waals surface area contributed by atoms with Gasteiger partial charge >= 0.3 is 0 Å². The van der Waals surface area contributed by atoms with E-state index in [-0.39, 0.29) is 0 Å². The molecule has 96 valence electrons. The summed E-state index contributed by atoms with van der Waals surface area (Å²) in [5, 5.41) is 0. The van der Waals surface area contributed by atoms with Crippen molar-refractivity contribution in [1.29, 1.82) is 0 Å². The Bertz CT molecular complexity index is 466. The minimum atomic E-state index is -2.07. The Labute approximate surface area is 109 Å². The molecule has 0 saturated carbocycles. The third-order valence-electron chi connectivity index (χ3n) is 3.84. The van der Waals surface area contributed by atoms with Crippen LogP contribution >= 0.6 is 7.29 Å². The Morgan fingerprint density at radius 3 is 2.11 bits per heavy atom. The predicted molar refractivity (Wildman–Crippen MR) is 76.7 cm³/mol. The zero-order valence-electron chi connectivity index (χ0n) is 10.5. The highest BCUT2D eigenvalue weighted by atomic mass is 31.2. The highest BCUT2D eigenvalue weighted by Crippen LogP contribution is 2.52. The SMILES string of the molecule is O=P1(N2CCN(c3ccccc3)CC2)CC=CC1. The first-order valence-corrected chi connectivity index (χ1v) is 8.59. The van der Waals surface area contributed by atoms with Crippen LogP contribution in [0.1, 0.15) is 0 Å². The van der Waals surface area contributed by atoms with Crippen molar-refractivity contribution in [2.75, 3.05) is 43.4 Å². The van der Waals surface area contributed by atoms with Crippen molar-refractivity contribution >= 4 is 13.0 Å². The quantitative estimate of drug-likeness (QED) is 0.604. The Hall–Kier alpha value is -1.05. The second-order valence-corrected chi connectivity index (χ2v) is 7.95. The molecule has 4 heteroatoms. The normalized spacial score (nSPS) is 23.4. The summed E-state index contributed by atoms with van der Waals surface area (Å²) >= 11 is 0. The van der Waals surface area contributed by atoms with E-state index in [4.69, 9.17) is 0 Å². The van der Waals surface area contributed by atoms with Gasteiger partial charge in [-0.1, -0.05) is 30.4 Å². The number of hydrogen-bond acceptors (Lipinski definition) is 2. The van der Waals surface area contributed by atoms with Crippen LogP contribution in [0.4, 0.5) is 5.69 Å². The predicted octanol–water partition coefficient (Wildman–Crippen LogP) is 2.66. The molecular weight excluding hydrogens is 243 g/mol. The number of allylic oxidation sites excluding steroid dienone is 2. The van der Waals surface area contributed by atoms with Gasteiger partial charge in [0.05, 0.1) is 0 Å². The molecule has 3 rings (SSSR count). The molecule has 0 atom stereocenters. The molecule has 18 heavy (non-hydrogen) atoms. The van der Waals surface area contributed by atoms with Gasteiger partial charge in [0, 0.05) is 44.2 Å². The van der Waals surface area contributed by atoms with Gasteiger partial charge < -0.3 is 9.46 Å². The summed E-state index contributed by atoms with van der Waals surface area (Å²) in [4.78, 5) is 2.38. The number of nitrogens with zero attached hydrogens (tertiary/aromatic N) is 2. The molecule has 0 unspecified atom stereocenters. The van der Waals surface area contributed by atoms with Crippen LogP contribution in [0.25, 0.3) is 0 Å². The topological polar surface area (TPSA) is 23.6 Å². The summed E-state index contributed by atoms with van der Waals surface area (Å²) in [5.41, 5.74) is 1.28. The van der Waals surface area contributed by atoms with Crippen molar-refractivity contribution < 1.29 is 4.57 Å². The minimum absolute atomic E-state index is 0.776. The zero-order valence-corrected chi connectivity index (χ0v) is 11.4. The molecule has 1 saturated heterocycles. The first kappa shape index (κ1) is 12.0. The van der Waals surface area contributed by atoms with Crippen LogP contribution in [0.15, 0.2) is 42.5 Å². The van der Waals surface area contributed by atoms with Crippen molar-refractivity contribution in [2.45, 2.75) is 0 Å². The van der Waals surface area contributed by atoms with Gasteiger partial charge in [0.2, 0.25) is 0 Å². The molecule has 0 N–H and O–H groups in total. The van der Waals surface area contributed by atoms with Gasteiger partial charge in [-0.2, -0.15) is 0 Å². The molecule has 1 aromatic rings. The maximum absolute atomic E-state index is 12.7. The monoisotopic (exact) mass is 262 g/mol. The molecule has 1 aromatic carbocycles. The van der Waals surface area contributed by atoms with Crippen LogP contribution in [0, 0.1) is 0 Å². The molecule has 0 spiro atoms. The van der Waals surface area contributed by atoms with Crippen LogP contribution in [-0.2, 0) is 4.57 Å². The van der Waals surface area contributed by atoms with E-state index in [1.807, 2.05) is 6.07 Å². The van der Waals surface area contributed by atoms with Crippen LogP contribution in [0.5, 0.6) is 0 Å². The fourth-order valence-corrected chi connectivity index (χ4v) is 5.22. The van der Waals surface area contributed by atoms with Crippen molar-refractivity contribution in [3.05, 3.63) is 42.5 Å². The first-order valence-electron chi connectivity index (χ1n) is 6.56. The molecule has 0 aliphatic carbocycles. The summed E-state index contributed by atoms with van der Waals surface area (Å²) < 4.78 is 14.9. The number of anilines is 1. The minimum Gasteiger partial charge on any atom is -0.369 e. The van der Waals surface area contributed by atoms with Crippen LogP contribution < -0.4 is 4.90 Å². The van der Waals surface area contributed by atoms with Crippen molar-refractivity contribution in [2.24, 2.45) is 0 Å². The lowest BCUT2D eigenvalue weighted by atomic mass is 10.2. The number of piperazine rings is 1. The van der Waals surface area contributed by atoms with E-state index in [0.29, 0.717) is 0 Å². The van der Waals surface area contributed by atoms with Crippen molar-refractivity contribution in [3.63, 3.8) is 0 Å². The third-order valence-corrected chi connectivity index (χ3v) is 6.83. The molecule has 3 nitrogen and oxygen atoms in total. The van der Waals surface area contributed by atoms with Crippen molar-refractivity contribution in [3.8, 4) is 0 Å². The van der Waals surface area contributed by atoms with E-state index >= 15 is 0 Å². The molecule has 0 radical (unpaired) electrons. The maximum atomic E-state index is 12.7. The molecule has 0 bridgehead atoms. The average Bonchev–Trinajstić information content (AvgIpc) is 2.88. The molecule has 0 amide bonds. The van der Waals surface area contributed by atoms with E-state index in [1.54, 1.807) is 0 Å². The first-order chi connectivity index (χ1) is 8.78. The lowest BCUT2D eigenvalue weighted by molar-refractivity contribution is 0.386. The van der Waals surface area contributed by atoms with Gasteiger partial charge in [-0.05, 0) is 12.1 Å². The maximum Gasteiger partial charge on any atom is 0.157 e. The molecule has 0 aromatic heterocycles. The van der Waals surface area contributed by atoms with Gasteiger partial charge in [0.15, 0.2) is 7.29 Å². The zero-order chi connectivity index (χ0) is 12.4. The Kier molecular flexibility index (Phi) is 3.27. The Morgan fingerprint density at radius 1 is 0.889 bits per heavy atom. The third kappa shape index (κ3) is 2.25. The largest absolute Gasteiger partial charge is 0.369 e. The van der Waals surface area contributed by atoms with E-state index in [2.05, 4.69) is 46.0 Å². The highest BCUT2D eigenvalue weighted by molar-refractivity contribution is 7.62. The van der Waals surface area contributed by atoms with Crippen LogP contribution in [-0.4, -0.2) is 43.2 Å². The number of benzene rings is 1. The summed E-state index contributed by atoms with van der Waals surface area (Å²) in [7, 11) is -2.07. The lowest BCUT2D eigenvalue weighted by Gasteiger charge is -2.38. The number of rotatable bonds is 2. The summed E-state index contributed by atoms with van der Waals surface area (Å²) in [5.74, 6) is 0. The van der Waals surface area contributed by atoms with Crippen LogP contribution in [0.3, 0.4) is 0 Å². The Balaban J connectivity index is 1.63. The smallest absolute Gasteiger partial charge is 0.157 e. The molecule has 2 aliphatic heterocycles. The lowest BCUT2D eigenvalue weighted by Crippen LogP contribution is -2.45. The molecule has 2 aliphatic rings. The van der Waals surface area contributed by atoms with Gasteiger partial charge in [0.1, 0.15) is 0 Å². The summed E-state index contributed by atoms with van der Waals surface area (Å²) in [6.45, 7) is 3.81. The average molecular weight is 262 g/mol. The van der Waals surface area contributed by atoms with Gasteiger partial charge in [-0.25, -0.2) is 4.67 Å². The van der Waals surface area contributed by atoms with Gasteiger partial charge in [-0.3, -0.25) is 0 Å². The number of para-hydroxylation sites is 1. The van der Waals surface area contributed by atoms with E-state index in [0.717, 1.165) is 38.5 Å². The molecule has 2 heterocycles. The fourth-order valence-electron chi connectivity index (χ4n) is 2.74. The van der Waals surface area contributed by atoms with Gasteiger partial charge in [-0.15, -0.1) is 0 Å². The molecule has 1 fully saturated rings. The van der Waals surface area contributed by atoms with Crippen LogP contribution in [0.2, 0.25) is 0 Å². The summed E-state index contributed by atoms with van der Waals surface area (Å²) in [6.07, 6.45) is 5.70. The Morgan fingerprint density at radius 2 is 1.50 bits per heavy atom. The second kappa shape index (κ2) is 4.91. The van der Waals surface area contributed by atoms with E-state index in [9.17, 15) is 4.57 Å².